The average Bonchev–Trinajstić information content (AvgIpc) is 2.28. The monoisotopic (exact) mass is 276 g/mol. The highest BCUT2D eigenvalue weighted by Gasteiger charge is 2.09. The van der Waals surface area contributed by atoms with Gasteiger partial charge in [0, 0.05) is 12.6 Å². The lowest BCUT2D eigenvalue weighted by molar-refractivity contribution is 0.114. The molecule has 1 aromatic carbocycles. The summed E-state index contributed by atoms with van der Waals surface area (Å²) in [7, 11) is -3.49. The van der Waals surface area contributed by atoms with Gasteiger partial charge in [0.15, 0.2) is 0 Å². The predicted octanol–water partition coefficient (Wildman–Crippen LogP) is -0.538. The molecule has 0 amide bonds. The molecule has 0 heterocycles. The third kappa shape index (κ3) is 4.78. The van der Waals surface area contributed by atoms with E-state index in [0.29, 0.717) is 5.75 Å². The average molecular weight is 276 g/mol. The van der Waals surface area contributed by atoms with Gasteiger partial charge in [0.2, 0.25) is 10.0 Å². The molecule has 0 spiro atoms. The minimum atomic E-state index is -3.49. The van der Waals surface area contributed by atoms with E-state index >= 15 is 0 Å². The Morgan fingerprint density at radius 3 is 2.72 bits per heavy atom. The normalized spacial score (nSPS) is 13.1. The highest BCUT2D eigenvalue weighted by Crippen LogP contribution is 2.28. The summed E-state index contributed by atoms with van der Waals surface area (Å²) in [6, 6.07) is 4.06. The highest BCUT2D eigenvalue weighted by molar-refractivity contribution is 7.92. The second-order valence-corrected chi connectivity index (χ2v) is 5.50. The lowest BCUT2D eigenvalue weighted by Crippen LogP contribution is -2.26. The van der Waals surface area contributed by atoms with Gasteiger partial charge < -0.3 is 20.7 Å². The lowest BCUT2D eigenvalue weighted by atomic mass is 10.3. The molecule has 1 atom stereocenters. The van der Waals surface area contributed by atoms with Crippen molar-refractivity contribution in [2.24, 2.45) is 5.73 Å². The molecule has 8 heteroatoms. The van der Waals surface area contributed by atoms with Crippen LogP contribution in [0.5, 0.6) is 11.5 Å². The summed E-state index contributed by atoms with van der Waals surface area (Å²) < 4.78 is 29.5. The van der Waals surface area contributed by atoms with Crippen molar-refractivity contribution in [3.8, 4) is 11.5 Å². The van der Waals surface area contributed by atoms with Crippen LogP contribution >= 0.6 is 0 Å². The van der Waals surface area contributed by atoms with Crippen LogP contribution < -0.4 is 15.2 Å². The number of nitrogens with two attached hydrogens (primary N) is 1. The first kappa shape index (κ1) is 14.6. The van der Waals surface area contributed by atoms with Gasteiger partial charge in [-0.1, -0.05) is 0 Å². The third-order valence-electron chi connectivity index (χ3n) is 1.98. The van der Waals surface area contributed by atoms with E-state index in [9.17, 15) is 18.6 Å². The molecule has 0 fully saturated rings. The van der Waals surface area contributed by atoms with Gasteiger partial charge in [-0.2, -0.15) is 0 Å². The fraction of sp³-hybridized carbons (Fsp3) is 0.400. The largest absolute Gasteiger partial charge is 0.506 e. The van der Waals surface area contributed by atoms with Gasteiger partial charge in [-0.05, 0) is 12.1 Å². The number of phenols is 1. The summed E-state index contributed by atoms with van der Waals surface area (Å²) in [5.41, 5.74) is 5.22. The Labute approximate surface area is 105 Å². The molecule has 1 aromatic rings. The number of phenolic OH excluding ortho intramolecular Hbond substituents is 1. The van der Waals surface area contributed by atoms with Crippen molar-refractivity contribution in [3.63, 3.8) is 0 Å². The zero-order valence-corrected chi connectivity index (χ0v) is 10.6. The van der Waals surface area contributed by atoms with Gasteiger partial charge in [0.05, 0.1) is 11.9 Å². The number of anilines is 1. The Morgan fingerprint density at radius 2 is 2.17 bits per heavy atom. The van der Waals surface area contributed by atoms with Crippen molar-refractivity contribution < 1.29 is 23.4 Å². The molecule has 0 saturated heterocycles. The molecule has 7 nitrogen and oxygen atoms in total. The van der Waals surface area contributed by atoms with E-state index < -0.39 is 16.1 Å². The standard InChI is InChI=1S/C10H16N2O5S/c1-18(15,16)12-9-4-8(2-3-10(9)14)17-6-7(13)5-11/h2-4,7,12-14H,5-6,11H2,1H3/t7-/m1/s1. The fourth-order valence-corrected chi connectivity index (χ4v) is 1.71. The molecule has 0 radical (unpaired) electrons. The fourth-order valence-electron chi connectivity index (χ4n) is 1.15. The number of nitrogens with one attached hydrogen (secondary N) is 1. The molecule has 0 aliphatic heterocycles. The SMILES string of the molecule is CS(=O)(=O)Nc1cc(OC[C@H](O)CN)ccc1O. The van der Waals surface area contributed by atoms with Crippen LogP contribution in [0.2, 0.25) is 0 Å². The third-order valence-corrected chi connectivity index (χ3v) is 2.57. The number of sulfonamides is 1. The van der Waals surface area contributed by atoms with Gasteiger partial charge in [0.25, 0.3) is 0 Å². The zero-order chi connectivity index (χ0) is 13.8. The lowest BCUT2D eigenvalue weighted by Gasteiger charge is -2.12. The van der Waals surface area contributed by atoms with Crippen LogP contribution in [0, 0.1) is 0 Å². The van der Waals surface area contributed by atoms with Crippen LogP contribution in [0.4, 0.5) is 5.69 Å². The number of aromatic hydroxyl groups is 1. The number of benzene rings is 1. The Hall–Kier alpha value is -1.51. The van der Waals surface area contributed by atoms with Gasteiger partial charge in [-0.3, -0.25) is 4.72 Å². The number of ether oxygens (including phenoxy) is 1. The van der Waals surface area contributed by atoms with Crippen LogP contribution in [0.15, 0.2) is 18.2 Å². The molecule has 102 valence electrons. The molecule has 0 aliphatic rings. The first-order valence-electron chi connectivity index (χ1n) is 5.13. The van der Waals surface area contributed by atoms with E-state index in [1.807, 2.05) is 0 Å². The van der Waals surface area contributed by atoms with E-state index in [1.54, 1.807) is 0 Å². The Bertz CT molecular complexity index is 503. The van der Waals surface area contributed by atoms with E-state index in [1.165, 1.54) is 18.2 Å². The second-order valence-electron chi connectivity index (χ2n) is 3.75. The second kappa shape index (κ2) is 5.89. The van der Waals surface area contributed by atoms with Crippen LogP contribution in [-0.2, 0) is 10.0 Å². The maximum atomic E-state index is 11.1. The molecule has 1 rings (SSSR count). The van der Waals surface area contributed by atoms with Gasteiger partial charge in [0.1, 0.15) is 24.2 Å². The zero-order valence-electron chi connectivity index (χ0n) is 9.83. The van der Waals surface area contributed by atoms with Crippen LogP contribution in [-0.4, -0.2) is 44.1 Å². The van der Waals surface area contributed by atoms with Crippen molar-refractivity contribution in [1.29, 1.82) is 0 Å². The summed E-state index contributed by atoms with van der Waals surface area (Å²) in [5.74, 6) is 0.0959. The molecular weight excluding hydrogens is 260 g/mol. The molecule has 5 N–H and O–H groups in total. The van der Waals surface area contributed by atoms with E-state index in [4.69, 9.17) is 10.5 Å². The van der Waals surface area contributed by atoms with Crippen molar-refractivity contribution in [1.82, 2.24) is 0 Å². The van der Waals surface area contributed by atoms with E-state index in [-0.39, 0.29) is 24.6 Å². The highest BCUT2D eigenvalue weighted by atomic mass is 32.2. The van der Waals surface area contributed by atoms with Crippen LogP contribution in [0.25, 0.3) is 0 Å². The quantitative estimate of drug-likeness (QED) is 0.518. The van der Waals surface area contributed by atoms with Crippen molar-refractivity contribution in [2.75, 3.05) is 24.1 Å². The summed E-state index contributed by atoms with van der Waals surface area (Å²) >= 11 is 0. The Kier molecular flexibility index (Phi) is 4.76. The summed E-state index contributed by atoms with van der Waals surface area (Å²) in [6.45, 7) is 0.0477. The van der Waals surface area contributed by atoms with E-state index in [2.05, 4.69) is 4.72 Å². The van der Waals surface area contributed by atoms with Gasteiger partial charge in [-0.15, -0.1) is 0 Å². The van der Waals surface area contributed by atoms with E-state index in [0.717, 1.165) is 6.26 Å². The van der Waals surface area contributed by atoms with Crippen molar-refractivity contribution >= 4 is 15.7 Å². The van der Waals surface area contributed by atoms with Crippen LogP contribution in [0.3, 0.4) is 0 Å². The molecule has 0 bridgehead atoms. The molecular formula is C10H16N2O5S. The Morgan fingerprint density at radius 1 is 1.50 bits per heavy atom. The molecule has 18 heavy (non-hydrogen) atoms. The summed E-state index contributed by atoms with van der Waals surface area (Å²) in [5, 5.41) is 18.7. The first-order chi connectivity index (χ1) is 8.31. The van der Waals surface area contributed by atoms with Gasteiger partial charge in [-0.25, -0.2) is 8.42 Å². The number of rotatable bonds is 6. The number of aliphatic hydroxyl groups is 1. The molecule has 0 unspecified atom stereocenters. The smallest absolute Gasteiger partial charge is 0.229 e. The molecule has 0 saturated carbocycles. The summed E-state index contributed by atoms with van der Waals surface area (Å²) in [4.78, 5) is 0. The maximum Gasteiger partial charge on any atom is 0.229 e. The maximum absolute atomic E-state index is 11.1. The first-order valence-corrected chi connectivity index (χ1v) is 7.02. The number of aliphatic hydroxyl groups excluding tert-OH is 1. The minimum Gasteiger partial charge on any atom is -0.506 e. The summed E-state index contributed by atoms with van der Waals surface area (Å²) in [6.07, 6.45) is 0.170. The van der Waals surface area contributed by atoms with Gasteiger partial charge >= 0.3 is 0 Å². The van der Waals surface area contributed by atoms with Crippen molar-refractivity contribution in [2.45, 2.75) is 6.10 Å². The predicted molar refractivity (Wildman–Crippen MR) is 67.1 cm³/mol. The number of hydrogen-bond acceptors (Lipinski definition) is 6. The molecule has 0 aliphatic carbocycles. The molecule has 0 aromatic heterocycles. The number of hydrogen-bond donors (Lipinski definition) is 4. The van der Waals surface area contributed by atoms with Crippen molar-refractivity contribution in [3.05, 3.63) is 18.2 Å². The minimum absolute atomic E-state index is 0.0113. The topological polar surface area (TPSA) is 122 Å². The van der Waals surface area contributed by atoms with Crippen LogP contribution in [0.1, 0.15) is 0 Å². The Balaban J connectivity index is 2.81.